The summed E-state index contributed by atoms with van der Waals surface area (Å²) in [4.78, 5) is 36.2. The van der Waals surface area contributed by atoms with Crippen LogP contribution in [0.3, 0.4) is 0 Å². The van der Waals surface area contributed by atoms with Crippen LogP contribution in [0.15, 0.2) is 27.8 Å². The summed E-state index contributed by atoms with van der Waals surface area (Å²) in [6, 6.07) is 4.68. The number of nitrogens with one attached hydrogen (secondary N) is 2. The topological polar surface area (TPSA) is 115 Å². The van der Waals surface area contributed by atoms with Gasteiger partial charge in [-0.2, -0.15) is 15.4 Å². The molecule has 0 atom stereocenters. The molecule has 2 N–H and O–H groups in total. The molecule has 0 aliphatic heterocycles. The molecule has 2 aromatic heterocycles. The third kappa shape index (κ3) is 2.40. The van der Waals surface area contributed by atoms with E-state index in [2.05, 4.69) is 20.7 Å². The molecule has 1 aromatic carbocycles. The van der Waals surface area contributed by atoms with E-state index in [1.807, 2.05) is 0 Å². The van der Waals surface area contributed by atoms with Crippen LogP contribution >= 0.6 is 11.6 Å². The highest BCUT2D eigenvalue weighted by Gasteiger charge is 2.17. The lowest BCUT2D eigenvalue weighted by Gasteiger charge is -2.11. The van der Waals surface area contributed by atoms with Gasteiger partial charge in [0, 0.05) is 19.7 Å². The number of fused-ring (bicyclic) bond motifs is 1. The van der Waals surface area contributed by atoms with Crippen molar-refractivity contribution in [3.63, 3.8) is 0 Å². The zero-order valence-electron chi connectivity index (χ0n) is 12.1. The number of H-pyrrole nitrogens is 1. The number of benzene rings is 1. The SMILES string of the molecule is Cn1c(Cl)c(NC(=O)c2ccc3n[nH]nc3c2)c(=O)n(C)c1=O. The fourth-order valence-corrected chi connectivity index (χ4v) is 2.29. The molecule has 0 aliphatic rings. The molecule has 1 amide bonds. The van der Waals surface area contributed by atoms with E-state index in [1.165, 1.54) is 20.2 Å². The molecule has 9 nitrogen and oxygen atoms in total. The molecule has 2 heterocycles. The van der Waals surface area contributed by atoms with E-state index in [1.54, 1.807) is 12.1 Å². The number of nitrogens with zero attached hydrogens (tertiary/aromatic N) is 4. The molecule has 118 valence electrons. The first-order chi connectivity index (χ1) is 10.9. The first-order valence-electron chi connectivity index (χ1n) is 6.47. The molecule has 23 heavy (non-hydrogen) atoms. The minimum atomic E-state index is -0.686. The molecule has 0 radical (unpaired) electrons. The van der Waals surface area contributed by atoms with Gasteiger partial charge in [-0.3, -0.25) is 18.7 Å². The number of carbonyl (C=O) groups is 1. The summed E-state index contributed by atoms with van der Waals surface area (Å²) in [6.07, 6.45) is 0. The third-order valence-electron chi connectivity index (χ3n) is 3.41. The van der Waals surface area contributed by atoms with Crippen LogP contribution in [-0.4, -0.2) is 30.5 Å². The number of rotatable bonds is 2. The molecule has 0 fully saturated rings. The van der Waals surface area contributed by atoms with Crippen molar-refractivity contribution in [1.29, 1.82) is 0 Å². The first kappa shape index (κ1) is 15.0. The highest BCUT2D eigenvalue weighted by molar-refractivity contribution is 6.32. The minimum absolute atomic E-state index is 0.144. The van der Waals surface area contributed by atoms with Gasteiger partial charge in [0.2, 0.25) is 0 Å². The van der Waals surface area contributed by atoms with Crippen LogP contribution in [0.4, 0.5) is 5.69 Å². The summed E-state index contributed by atoms with van der Waals surface area (Å²) < 4.78 is 1.93. The summed E-state index contributed by atoms with van der Waals surface area (Å²) in [5.41, 5.74) is -0.0365. The molecule has 0 spiro atoms. The number of aromatic nitrogens is 5. The number of carbonyl (C=O) groups excluding carboxylic acids is 1. The Labute approximate surface area is 133 Å². The smallest absolute Gasteiger partial charge is 0.315 e. The van der Waals surface area contributed by atoms with Gasteiger partial charge in [-0.05, 0) is 18.2 Å². The second kappa shape index (κ2) is 5.36. The number of aromatic amines is 1. The lowest BCUT2D eigenvalue weighted by molar-refractivity contribution is 0.102. The summed E-state index contributed by atoms with van der Waals surface area (Å²) in [7, 11) is 2.71. The van der Waals surface area contributed by atoms with E-state index in [4.69, 9.17) is 11.6 Å². The van der Waals surface area contributed by atoms with E-state index in [0.29, 0.717) is 11.0 Å². The quantitative estimate of drug-likeness (QED) is 0.652. The Morgan fingerprint density at radius 3 is 2.61 bits per heavy atom. The Hall–Kier alpha value is -2.94. The number of halogens is 1. The normalized spacial score (nSPS) is 10.9. The fourth-order valence-electron chi connectivity index (χ4n) is 2.09. The standard InChI is InChI=1S/C13H11ClN6O3/c1-19-10(14)9(12(22)20(2)13(19)23)15-11(21)6-3-4-7-8(5-6)17-18-16-7/h3-5H,1-2H3,(H,15,21)(H,16,17,18). The van der Waals surface area contributed by atoms with E-state index in [9.17, 15) is 14.4 Å². The molecule has 0 unspecified atom stereocenters. The summed E-state index contributed by atoms with van der Waals surface area (Å²) in [6.45, 7) is 0. The Morgan fingerprint density at radius 1 is 1.17 bits per heavy atom. The highest BCUT2D eigenvalue weighted by atomic mass is 35.5. The summed E-state index contributed by atoms with van der Waals surface area (Å²) in [5, 5.41) is 12.5. The number of anilines is 1. The van der Waals surface area contributed by atoms with Crippen molar-refractivity contribution in [1.82, 2.24) is 24.5 Å². The van der Waals surface area contributed by atoms with Crippen LogP contribution in [0.2, 0.25) is 5.15 Å². The minimum Gasteiger partial charge on any atom is -0.315 e. The van der Waals surface area contributed by atoms with Crippen molar-refractivity contribution in [2.45, 2.75) is 0 Å². The van der Waals surface area contributed by atoms with Crippen LogP contribution in [0.1, 0.15) is 10.4 Å². The maximum Gasteiger partial charge on any atom is 0.331 e. The van der Waals surface area contributed by atoms with Crippen molar-refractivity contribution < 1.29 is 4.79 Å². The van der Waals surface area contributed by atoms with Gasteiger partial charge < -0.3 is 5.32 Å². The van der Waals surface area contributed by atoms with E-state index in [0.717, 1.165) is 9.13 Å². The van der Waals surface area contributed by atoms with E-state index < -0.39 is 17.2 Å². The van der Waals surface area contributed by atoms with Crippen LogP contribution < -0.4 is 16.6 Å². The Kier molecular flexibility index (Phi) is 3.49. The maximum absolute atomic E-state index is 12.3. The van der Waals surface area contributed by atoms with Gasteiger partial charge in [-0.15, -0.1) is 0 Å². The average molecular weight is 335 g/mol. The van der Waals surface area contributed by atoms with Crippen molar-refractivity contribution in [3.05, 3.63) is 49.8 Å². The zero-order chi connectivity index (χ0) is 16.7. The van der Waals surface area contributed by atoms with Crippen LogP contribution in [0, 0.1) is 0 Å². The maximum atomic E-state index is 12.3. The molecule has 0 saturated carbocycles. The van der Waals surface area contributed by atoms with Gasteiger partial charge in [0.15, 0.2) is 0 Å². The molecule has 3 rings (SSSR count). The number of amides is 1. The number of hydrogen-bond donors (Lipinski definition) is 2. The largest absolute Gasteiger partial charge is 0.331 e. The summed E-state index contributed by atoms with van der Waals surface area (Å²) >= 11 is 5.99. The van der Waals surface area contributed by atoms with Gasteiger partial charge in [0.25, 0.3) is 11.5 Å². The highest BCUT2D eigenvalue weighted by Crippen LogP contribution is 2.16. The van der Waals surface area contributed by atoms with Gasteiger partial charge in [0.05, 0.1) is 0 Å². The van der Waals surface area contributed by atoms with E-state index in [-0.39, 0.29) is 16.4 Å². The second-order valence-corrected chi connectivity index (χ2v) is 5.21. The van der Waals surface area contributed by atoms with Crippen molar-refractivity contribution >= 4 is 34.2 Å². The second-order valence-electron chi connectivity index (χ2n) is 4.85. The molecule has 3 aromatic rings. The molecule has 0 aliphatic carbocycles. The zero-order valence-corrected chi connectivity index (χ0v) is 12.9. The van der Waals surface area contributed by atoms with Gasteiger partial charge in [-0.1, -0.05) is 11.6 Å². The van der Waals surface area contributed by atoms with Crippen molar-refractivity contribution in [3.8, 4) is 0 Å². The molecular formula is C13H11ClN6O3. The monoisotopic (exact) mass is 334 g/mol. The lowest BCUT2D eigenvalue weighted by atomic mass is 10.2. The van der Waals surface area contributed by atoms with E-state index >= 15 is 0 Å². The van der Waals surface area contributed by atoms with Gasteiger partial charge in [-0.25, -0.2) is 4.79 Å². The Morgan fingerprint density at radius 2 is 1.87 bits per heavy atom. The Bertz CT molecular complexity index is 1050. The fraction of sp³-hybridized carbons (Fsp3) is 0.154. The predicted molar refractivity (Wildman–Crippen MR) is 83.8 cm³/mol. The first-order valence-corrected chi connectivity index (χ1v) is 6.85. The van der Waals surface area contributed by atoms with Crippen LogP contribution in [0.5, 0.6) is 0 Å². The average Bonchev–Trinajstić information content (AvgIpc) is 3.02. The molecule has 0 saturated heterocycles. The molecular weight excluding hydrogens is 324 g/mol. The van der Waals surface area contributed by atoms with Crippen LogP contribution in [-0.2, 0) is 14.1 Å². The van der Waals surface area contributed by atoms with Gasteiger partial charge in [0.1, 0.15) is 21.9 Å². The van der Waals surface area contributed by atoms with Crippen LogP contribution in [0.25, 0.3) is 11.0 Å². The number of hydrogen-bond acceptors (Lipinski definition) is 5. The summed E-state index contributed by atoms with van der Waals surface area (Å²) in [5.74, 6) is -0.549. The Balaban J connectivity index is 2.03. The van der Waals surface area contributed by atoms with Crippen molar-refractivity contribution in [2.24, 2.45) is 14.1 Å². The predicted octanol–water partition coefficient (Wildman–Crippen LogP) is 0.261. The van der Waals surface area contributed by atoms with Crippen molar-refractivity contribution in [2.75, 3.05) is 5.32 Å². The third-order valence-corrected chi connectivity index (χ3v) is 3.85. The van der Waals surface area contributed by atoms with Gasteiger partial charge >= 0.3 is 5.69 Å². The molecule has 0 bridgehead atoms. The lowest BCUT2D eigenvalue weighted by Crippen LogP contribution is -2.39. The molecule has 10 heteroatoms.